The van der Waals surface area contributed by atoms with Gasteiger partial charge in [0.25, 0.3) is 0 Å². The SMILES string of the molecule is Cc1ccc(Cn2cc(Br)c(NC(=O)C(F)(F)F)n2)cc1. The number of carbonyl (C=O) groups excluding carboxylic acids is 1. The Bertz CT molecular complexity index is 650. The molecule has 8 heteroatoms. The molecular formula is C13H11BrF3N3O. The molecule has 0 bridgehead atoms. The van der Waals surface area contributed by atoms with Gasteiger partial charge >= 0.3 is 12.1 Å². The minimum Gasteiger partial charge on any atom is -0.300 e. The van der Waals surface area contributed by atoms with Crippen molar-refractivity contribution in [2.75, 3.05) is 5.32 Å². The Balaban J connectivity index is 2.12. The second-order valence-electron chi connectivity index (χ2n) is 4.46. The van der Waals surface area contributed by atoms with E-state index in [0.717, 1.165) is 11.1 Å². The Labute approximate surface area is 127 Å². The Morgan fingerprint density at radius 1 is 1.33 bits per heavy atom. The van der Waals surface area contributed by atoms with E-state index in [1.165, 1.54) is 10.9 Å². The van der Waals surface area contributed by atoms with Gasteiger partial charge in [-0.3, -0.25) is 9.48 Å². The van der Waals surface area contributed by atoms with Crippen LogP contribution >= 0.6 is 15.9 Å². The highest BCUT2D eigenvalue weighted by atomic mass is 79.9. The molecule has 0 aliphatic heterocycles. The minimum atomic E-state index is -4.94. The highest BCUT2D eigenvalue weighted by Gasteiger charge is 2.39. The van der Waals surface area contributed by atoms with Crippen molar-refractivity contribution in [3.8, 4) is 0 Å². The summed E-state index contributed by atoms with van der Waals surface area (Å²) < 4.78 is 38.3. The molecule has 2 aromatic rings. The molecule has 0 saturated heterocycles. The average Bonchev–Trinajstić information content (AvgIpc) is 2.71. The summed E-state index contributed by atoms with van der Waals surface area (Å²) in [5, 5.41) is 5.64. The van der Waals surface area contributed by atoms with E-state index < -0.39 is 12.1 Å². The first-order valence-electron chi connectivity index (χ1n) is 5.92. The van der Waals surface area contributed by atoms with Crippen LogP contribution in [0.25, 0.3) is 0 Å². The van der Waals surface area contributed by atoms with E-state index in [2.05, 4.69) is 21.0 Å². The predicted molar refractivity (Wildman–Crippen MR) is 74.9 cm³/mol. The molecule has 0 aliphatic rings. The van der Waals surface area contributed by atoms with Crippen LogP contribution in [0, 0.1) is 6.92 Å². The first-order valence-corrected chi connectivity index (χ1v) is 6.71. The lowest BCUT2D eigenvalue weighted by Gasteiger charge is -2.05. The van der Waals surface area contributed by atoms with E-state index in [-0.39, 0.29) is 10.3 Å². The van der Waals surface area contributed by atoms with E-state index in [9.17, 15) is 18.0 Å². The molecule has 0 fully saturated rings. The van der Waals surface area contributed by atoms with Crippen LogP contribution in [-0.2, 0) is 11.3 Å². The van der Waals surface area contributed by atoms with Gasteiger partial charge < -0.3 is 5.32 Å². The van der Waals surface area contributed by atoms with Gasteiger partial charge in [-0.2, -0.15) is 18.3 Å². The van der Waals surface area contributed by atoms with E-state index in [4.69, 9.17) is 0 Å². The highest BCUT2D eigenvalue weighted by molar-refractivity contribution is 9.10. The van der Waals surface area contributed by atoms with Gasteiger partial charge in [0.05, 0.1) is 11.0 Å². The summed E-state index contributed by atoms with van der Waals surface area (Å²) in [7, 11) is 0. The van der Waals surface area contributed by atoms with Crippen LogP contribution < -0.4 is 5.32 Å². The van der Waals surface area contributed by atoms with Gasteiger partial charge in [0.15, 0.2) is 5.82 Å². The van der Waals surface area contributed by atoms with Crippen LogP contribution in [0.3, 0.4) is 0 Å². The van der Waals surface area contributed by atoms with E-state index >= 15 is 0 Å². The highest BCUT2D eigenvalue weighted by Crippen LogP contribution is 2.24. The van der Waals surface area contributed by atoms with Crippen LogP contribution in [0.5, 0.6) is 0 Å². The fourth-order valence-corrected chi connectivity index (χ4v) is 2.04. The number of halogens is 4. The zero-order valence-corrected chi connectivity index (χ0v) is 12.5. The number of carbonyl (C=O) groups is 1. The first-order chi connectivity index (χ1) is 9.75. The number of nitrogens with one attached hydrogen (secondary N) is 1. The smallest absolute Gasteiger partial charge is 0.300 e. The molecule has 21 heavy (non-hydrogen) atoms. The Morgan fingerprint density at radius 3 is 2.52 bits per heavy atom. The summed E-state index contributed by atoms with van der Waals surface area (Å²) in [5.41, 5.74) is 2.06. The number of aromatic nitrogens is 2. The van der Waals surface area contributed by atoms with Crippen LogP contribution in [0.2, 0.25) is 0 Å². The zero-order valence-electron chi connectivity index (χ0n) is 10.9. The number of alkyl halides is 3. The topological polar surface area (TPSA) is 46.9 Å². The Kier molecular flexibility index (Phi) is 4.36. The third kappa shape index (κ3) is 4.07. The van der Waals surface area contributed by atoms with Crippen LogP contribution in [0.1, 0.15) is 11.1 Å². The summed E-state index contributed by atoms with van der Waals surface area (Å²) in [5.74, 6) is -2.21. The molecule has 1 heterocycles. The summed E-state index contributed by atoms with van der Waals surface area (Å²) >= 11 is 3.07. The maximum Gasteiger partial charge on any atom is 0.471 e. The zero-order chi connectivity index (χ0) is 15.6. The molecular weight excluding hydrogens is 351 g/mol. The van der Waals surface area contributed by atoms with Crippen LogP contribution in [0.15, 0.2) is 34.9 Å². The van der Waals surface area contributed by atoms with Gasteiger partial charge in [-0.1, -0.05) is 29.8 Å². The molecule has 0 aliphatic carbocycles. The van der Waals surface area contributed by atoms with E-state index in [0.29, 0.717) is 6.54 Å². The second-order valence-corrected chi connectivity index (χ2v) is 5.32. The van der Waals surface area contributed by atoms with Crippen molar-refractivity contribution in [1.82, 2.24) is 9.78 Å². The third-order valence-corrected chi connectivity index (χ3v) is 3.25. The second kappa shape index (κ2) is 5.88. The molecule has 1 amide bonds. The fourth-order valence-electron chi connectivity index (χ4n) is 1.62. The van der Waals surface area contributed by atoms with Crippen molar-refractivity contribution in [3.63, 3.8) is 0 Å². The quantitative estimate of drug-likeness (QED) is 0.909. The van der Waals surface area contributed by atoms with E-state index in [1.807, 2.05) is 31.2 Å². The number of hydrogen-bond acceptors (Lipinski definition) is 2. The number of anilines is 1. The van der Waals surface area contributed by atoms with E-state index in [1.54, 1.807) is 5.32 Å². The number of rotatable bonds is 3. The number of aryl methyl sites for hydroxylation is 1. The number of hydrogen-bond donors (Lipinski definition) is 1. The average molecular weight is 362 g/mol. The molecule has 0 saturated carbocycles. The summed E-state index contributed by atoms with van der Waals surface area (Å²) in [6.45, 7) is 2.35. The maximum absolute atomic E-state index is 12.2. The molecule has 1 aromatic carbocycles. The standard InChI is InChI=1S/C13H11BrF3N3O/c1-8-2-4-9(5-3-8)6-20-7-10(14)11(19-20)18-12(21)13(15,16)17/h2-5,7H,6H2,1H3,(H,18,19,21). The first kappa shape index (κ1) is 15.6. The van der Waals surface area contributed by atoms with Crippen molar-refractivity contribution >= 4 is 27.7 Å². The molecule has 0 spiro atoms. The molecule has 112 valence electrons. The lowest BCUT2D eigenvalue weighted by Crippen LogP contribution is -2.30. The third-order valence-electron chi connectivity index (χ3n) is 2.67. The minimum absolute atomic E-state index is 0.163. The van der Waals surface area contributed by atoms with Crippen molar-refractivity contribution in [2.24, 2.45) is 0 Å². The number of nitrogens with zero attached hydrogens (tertiary/aromatic N) is 2. The van der Waals surface area contributed by atoms with Gasteiger partial charge in [-0.25, -0.2) is 0 Å². The fraction of sp³-hybridized carbons (Fsp3) is 0.231. The normalized spacial score (nSPS) is 11.5. The lowest BCUT2D eigenvalue weighted by atomic mass is 10.1. The monoisotopic (exact) mass is 361 g/mol. The largest absolute Gasteiger partial charge is 0.471 e. The van der Waals surface area contributed by atoms with Crippen molar-refractivity contribution in [1.29, 1.82) is 0 Å². The Morgan fingerprint density at radius 2 is 1.95 bits per heavy atom. The summed E-state index contributed by atoms with van der Waals surface area (Å²) in [6, 6.07) is 7.66. The van der Waals surface area contributed by atoms with Gasteiger partial charge in [0.2, 0.25) is 0 Å². The predicted octanol–water partition coefficient (Wildman–Crippen LogP) is 3.50. The summed E-state index contributed by atoms with van der Waals surface area (Å²) in [6.07, 6.45) is -3.44. The van der Waals surface area contributed by atoms with Crippen LogP contribution in [0.4, 0.5) is 19.0 Å². The molecule has 1 aromatic heterocycles. The molecule has 0 radical (unpaired) electrons. The molecule has 1 N–H and O–H groups in total. The molecule has 0 unspecified atom stereocenters. The van der Waals surface area contributed by atoms with Crippen molar-refractivity contribution in [2.45, 2.75) is 19.6 Å². The lowest BCUT2D eigenvalue weighted by molar-refractivity contribution is -0.167. The van der Waals surface area contributed by atoms with Crippen molar-refractivity contribution < 1.29 is 18.0 Å². The summed E-state index contributed by atoms with van der Waals surface area (Å²) in [4.78, 5) is 10.9. The molecule has 2 rings (SSSR count). The number of amides is 1. The Hall–Kier alpha value is -1.83. The van der Waals surface area contributed by atoms with Gasteiger partial charge in [-0.15, -0.1) is 0 Å². The number of benzene rings is 1. The van der Waals surface area contributed by atoms with Gasteiger partial charge in [-0.05, 0) is 28.4 Å². The maximum atomic E-state index is 12.2. The van der Waals surface area contributed by atoms with Crippen molar-refractivity contribution in [3.05, 3.63) is 46.1 Å². The van der Waals surface area contributed by atoms with Gasteiger partial charge in [0, 0.05) is 6.20 Å². The molecule has 0 atom stereocenters. The van der Waals surface area contributed by atoms with Gasteiger partial charge in [0.1, 0.15) is 0 Å². The van der Waals surface area contributed by atoms with Crippen LogP contribution in [-0.4, -0.2) is 21.9 Å². The molecule has 4 nitrogen and oxygen atoms in total.